The van der Waals surface area contributed by atoms with Crippen LogP contribution in [-0.4, -0.2) is 64.8 Å². The number of alkyl halides is 2. The molecule has 8 nitrogen and oxygen atoms in total. The Balaban J connectivity index is 1.57. The molecular weight excluding hydrogens is 456 g/mol. The lowest BCUT2D eigenvalue weighted by molar-refractivity contribution is -0.145. The van der Waals surface area contributed by atoms with Crippen molar-refractivity contribution in [2.24, 2.45) is 0 Å². The zero-order valence-corrected chi connectivity index (χ0v) is 20.1. The molecular formula is C25H29F2N5O3. The van der Waals surface area contributed by atoms with Gasteiger partial charge in [0.25, 0.3) is 12.3 Å². The van der Waals surface area contributed by atoms with Crippen LogP contribution in [-0.2, 0) is 34.0 Å². The first kappa shape index (κ1) is 24.6. The van der Waals surface area contributed by atoms with Crippen LogP contribution in [0.5, 0.6) is 0 Å². The molecule has 0 radical (unpaired) electrons. The molecule has 0 bridgehead atoms. The fourth-order valence-electron chi connectivity index (χ4n) is 4.37. The van der Waals surface area contributed by atoms with Gasteiger partial charge in [-0.1, -0.05) is 24.3 Å². The first-order valence-electron chi connectivity index (χ1n) is 11.5. The third-order valence-corrected chi connectivity index (χ3v) is 6.17. The van der Waals surface area contributed by atoms with E-state index in [1.54, 1.807) is 36.0 Å². The Morgan fingerprint density at radius 3 is 2.46 bits per heavy atom. The summed E-state index contributed by atoms with van der Waals surface area (Å²) >= 11 is 0. The number of halogens is 2. The van der Waals surface area contributed by atoms with Crippen molar-refractivity contribution in [3.8, 4) is 0 Å². The monoisotopic (exact) mass is 485 g/mol. The van der Waals surface area contributed by atoms with Crippen molar-refractivity contribution in [1.82, 2.24) is 19.8 Å². The number of rotatable bonds is 9. The Kier molecular flexibility index (Phi) is 7.30. The van der Waals surface area contributed by atoms with Crippen LogP contribution in [0, 0.1) is 6.92 Å². The highest BCUT2D eigenvalue weighted by Gasteiger charge is 2.27. The molecule has 0 saturated carbocycles. The second kappa shape index (κ2) is 10.4. The van der Waals surface area contributed by atoms with E-state index in [2.05, 4.69) is 5.10 Å². The molecule has 0 fully saturated rings. The number of carbonyl (C=O) groups excluding carboxylic acids is 2. The van der Waals surface area contributed by atoms with Gasteiger partial charge < -0.3 is 9.64 Å². The number of carbonyl (C=O) groups is 2. The van der Waals surface area contributed by atoms with Crippen LogP contribution in [0.2, 0.25) is 0 Å². The smallest absolute Gasteiger partial charge is 0.325 e. The van der Waals surface area contributed by atoms with Crippen LogP contribution in [0.25, 0.3) is 10.9 Å². The summed E-state index contributed by atoms with van der Waals surface area (Å²) in [6.45, 7) is 4.35. The van der Waals surface area contributed by atoms with E-state index in [0.29, 0.717) is 29.7 Å². The predicted molar refractivity (Wildman–Crippen MR) is 128 cm³/mol. The first-order valence-corrected chi connectivity index (χ1v) is 11.5. The number of likely N-dealkylation sites (N-methyl/N-ethyl adjacent to an activating group) is 1. The normalized spacial score (nSPS) is 13.3. The summed E-state index contributed by atoms with van der Waals surface area (Å²) in [6.07, 6.45) is -1.01. The van der Waals surface area contributed by atoms with E-state index >= 15 is 0 Å². The number of ether oxygens (including phenoxy) is 1. The van der Waals surface area contributed by atoms with Gasteiger partial charge in [-0.2, -0.15) is 5.10 Å². The van der Waals surface area contributed by atoms with Crippen molar-refractivity contribution < 1.29 is 23.1 Å². The maximum atomic E-state index is 13.3. The molecule has 10 heteroatoms. The molecule has 0 spiro atoms. The summed E-state index contributed by atoms with van der Waals surface area (Å²) < 4.78 is 32.2. The number of aryl methyl sites for hydroxylation is 1. The van der Waals surface area contributed by atoms with Crippen LogP contribution < -0.4 is 4.90 Å². The summed E-state index contributed by atoms with van der Waals surface area (Å²) in [4.78, 5) is 27.3. The highest BCUT2D eigenvalue weighted by atomic mass is 19.3. The lowest BCUT2D eigenvalue weighted by atomic mass is 10.1. The van der Waals surface area contributed by atoms with Crippen LogP contribution >= 0.6 is 0 Å². The summed E-state index contributed by atoms with van der Waals surface area (Å²) in [7, 11) is 1.72. The number of fused-ring (bicyclic) bond motifs is 2. The molecule has 0 saturated heterocycles. The molecule has 1 aromatic heterocycles. The second-order valence-corrected chi connectivity index (χ2v) is 8.59. The van der Waals surface area contributed by atoms with Gasteiger partial charge in [0, 0.05) is 31.2 Å². The summed E-state index contributed by atoms with van der Waals surface area (Å²) in [5.41, 5.74) is 4.31. The van der Waals surface area contributed by atoms with Crippen molar-refractivity contribution in [1.29, 1.82) is 0 Å². The molecule has 186 valence electrons. The molecule has 4 rings (SSSR count). The predicted octanol–water partition coefficient (Wildman–Crippen LogP) is 3.37. The minimum Gasteiger partial charge on any atom is -0.465 e. The lowest BCUT2D eigenvalue weighted by Gasteiger charge is -2.31. The van der Waals surface area contributed by atoms with E-state index in [4.69, 9.17) is 4.74 Å². The molecule has 0 atom stereocenters. The molecule has 1 aliphatic heterocycles. The summed E-state index contributed by atoms with van der Waals surface area (Å²) in [5.74, 6) is -0.639. The van der Waals surface area contributed by atoms with Crippen molar-refractivity contribution >= 4 is 28.5 Å². The van der Waals surface area contributed by atoms with Crippen molar-refractivity contribution in [3.63, 3.8) is 0 Å². The second-order valence-electron chi connectivity index (χ2n) is 8.59. The number of amides is 1. The maximum absolute atomic E-state index is 13.3. The highest BCUT2D eigenvalue weighted by molar-refractivity contribution is 5.89. The Labute approximate surface area is 202 Å². The summed E-state index contributed by atoms with van der Waals surface area (Å²) in [5, 5.41) is 8.27. The lowest BCUT2D eigenvalue weighted by Crippen LogP contribution is -2.47. The van der Waals surface area contributed by atoms with Gasteiger partial charge in [-0.3, -0.25) is 19.3 Å². The van der Waals surface area contributed by atoms with E-state index in [1.807, 2.05) is 36.2 Å². The molecule has 1 amide bonds. The van der Waals surface area contributed by atoms with E-state index in [9.17, 15) is 18.4 Å². The van der Waals surface area contributed by atoms with E-state index in [0.717, 1.165) is 5.56 Å². The van der Waals surface area contributed by atoms with Gasteiger partial charge in [0.1, 0.15) is 13.1 Å². The third kappa shape index (κ3) is 5.43. The standard InChI is InChI=1S/C25H29F2N5O3/c1-4-35-25(34)16-30(15-24(33)29(3)31-12-18-7-5-6-8-19(18)13-31)21-10-20-11-28-32(14-23(26)27)22(20)9-17(21)2/h5-11,23H,4,12-16H2,1-3H3. The first-order chi connectivity index (χ1) is 16.8. The molecule has 35 heavy (non-hydrogen) atoms. The fourth-order valence-corrected chi connectivity index (χ4v) is 4.37. The highest BCUT2D eigenvalue weighted by Crippen LogP contribution is 2.28. The zero-order valence-electron chi connectivity index (χ0n) is 20.1. The van der Waals surface area contributed by atoms with Crippen LogP contribution in [0.3, 0.4) is 0 Å². The molecule has 0 unspecified atom stereocenters. The van der Waals surface area contributed by atoms with Gasteiger partial charge in [0.2, 0.25) is 0 Å². The Hall–Kier alpha value is -3.53. The van der Waals surface area contributed by atoms with Crippen molar-refractivity contribution in [3.05, 3.63) is 59.3 Å². The van der Waals surface area contributed by atoms with Gasteiger partial charge in [-0.05, 0) is 42.7 Å². The van der Waals surface area contributed by atoms with Crippen LogP contribution in [0.15, 0.2) is 42.6 Å². The minimum atomic E-state index is -2.52. The van der Waals surface area contributed by atoms with Crippen LogP contribution in [0.1, 0.15) is 23.6 Å². The molecule has 1 aliphatic rings. The van der Waals surface area contributed by atoms with Gasteiger partial charge in [-0.15, -0.1) is 0 Å². The van der Waals surface area contributed by atoms with E-state index in [1.165, 1.54) is 22.0 Å². The topological polar surface area (TPSA) is 70.9 Å². The Morgan fingerprint density at radius 1 is 1.14 bits per heavy atom. The van der Waals surface area contributed by atoms with Gasteiger partial charge in [0.05, 0.1) is 24.9 Å². The quantitative estimate of drug-likeness (QED) is 0.433. The molecule has 0 aliphatic carbocycles. The Bertz CT molecular complexity index is 1200. The van der Waals surface area contributed by atoms with Crippen molar-refractivity contribution in [2.75, 3.05) is 31.6 Å². The zero-order chi connectivity index (χ0) is 25.1. The van der Waals surface area contributed by atoms with Gasteiger partial charge in [-0.25, -0.2) is 13.8 Å². The SMILES string of the molecule is CCOC(=O)CN(CC(=O)N(C)N1Cc2ccccc2C1)c1cc2cnn(CC(F)F)c2cc1C. The fraction of sp³-hybridized carbons (Fsp3) is 0.400. The minimum absolute atomic E-state index is 0.0559. The average molecular weight is 486 g/mol. The number of hydrazine groups is 1. The number of hydrogen-bond acceptors (Lipinski definition) is 6. The van der Waals surface area contributed by atoms with E-state index in [-0.39, 0.29) is 25.6 Å². The van der Waals surface area contributed by atoms with E-state index < -0.39 is 18.9 Å². The number of benzene rings is 2. The maximum Gasteiger partial charge on any atom is 0.325 e. The number of esters is 1. The number of anilines is 1. The molecule has 2 aromatic carbocycles. The van der Waals surface area contributed by atoms with Gasteiger partial charge >= 0.3 is 5.97 Å². The molecule has 3 aromatic rings. The largest absolute Gasteiger partial charge is 0.465 e. The molecule has 2 heterocycles. The Morgan fingerprint density at radius 2 is 1.83 bits per heavy atom. The number of aromatic nitrogens is 2. The molecule has 0 N–H and O–H groups in total. The van der Waals surface area contributed by atoms with Crippen LogP contribution in [0.4, 0.5) is 14.5 Å². The van der Waals surface area contributed by atoms with Crippen molar-refractivity contribution in [2.45, 2.75) is 39.9 Å². The average Bonchev–Trinajstić information content (AvgIpc) is 3.41. The number of nitrogens with zero attached hydrogens (tertiary/aromatic N) is 5. The number of hydrogen-bond donors (Lipinski definition) is 0. The van der Waals surface area contributed by atoms with Gasteiger partial charge in [0.15, 0.2) is 0 Å². The summed E-state index contributed by atoms with van der Waals surface area (Å²) in [6, 6.07) is 11.6. The third-order valence-electron chi connectivity index (χ3n) is 6.17.